The molecule has 164 valence electrons. The first-order chi connectivity index (χ1) is 15.5. The van der Waals surface area contributed by atoms with Crippen LogP contribution in [0.3, 0.4) is 0 Å². The van der Waals surface area contributed by atoms with Crippen LogP contribution in [-0.2, 0) is 16.1 Å². The van der Waals surface area contributed by atoms with Gasteiger partial charge in [-0.1, -0.05) is 28.1 Å². The highest BCUT2D eigenvalue weighted by Gasteiger charge is 2.51. The largest absolute Gasteiger partial charge is 0.497 e. The maximum Gasteiger partial charge on any atom is 0.291 e. The van der Waals surface area contributed by atoms with Crippen molar-refractivity contribution in [2.75, 3.05) is 13.7 Å². The second kappa shape index (κ2) is 9.48. The van der Waals surface area contributed by atoms with E-state index in [4.69, 9.17) is 4.74 Å². The Labute approximate surface area is 194 Å². The first-order valence-corrected chi connectivity index (χ1v) is 11.1. The third-order valence-corrected chi connectivity index (χ3v) is 6.22. The summed E-state index contributed by atoms with van der Waals surface area (Å²) >= 11 is 3.42. The number of likely N-dealkylation sites (tertiary alicyclic amines) is 1. The number of H-pyrrole nitrogens is 1. The molecule has 1 fully saturated rings. The molecule has 3 aromatic rings. The van der Waals surface area contributed by atoms with E-state index in [2.05, 4.69) is 20.9 Å². The first-order valence-electron chi connectivity index (χ1n) is 10.3. The Morgan fingerprint density at radius 1 is 1.12 bits per heavy atom. The summed E-state index contributed by atoms with van der Waals surface area (Å²) < 4.78 is 8.01. The van der Waals surface area contributed by atoms with Gasteiger partial charge in [0.1, 0.15) is 24.1 Å². The SMILES string of the molecule is COc1ccc(C(=O)C2C(=O)C(=O)N(CCC[n+]3cc[nH]c3)C2c2ccc(Br)cc2)cc1. The number of aromatic amines is 1. The average Bonchev–Trinajstić information content (AvgIpc) is 3.41. The number of benzene rings is 2. The number of aryl methyl sites for hydroxylation is 1. The Bertz CT molecular complexity index is 1110. The van der Waals surface area contributed by atoms with Crippen molar-refractivity contribution in [3.63, 3.8) is 0 Å². The second-order valence-corrected chi connectivity index (χ2v) is 8.55. The lowest BCUT2D eigenvalue weighted by molar-refractivity contribution is -0.695. The molecule has 1 saturated heterocycles. The number of carbonyl (C=O) groups is 3. The Hall–Kier alpha value is -3.26. The monoisotopic (exact) mass is 496 g/mol. The van der Waals surface area contributed by atoms with Crippen LogP contribution >= 0.6 is 15.9 Å². The van der Waals surface area contributed by atoms with E-state index in [-0.39, 0.29) is 5.78 Å². The number of nitrogens with one attached hydrogen (secondary N) is 1. The minimum Gasteiger partial charge on any atom is -0.497 e. The van der Waals surface area contributed by atoms with Crippen LogP contribution in [-0.4, -0.2) is 41.0 Å². The molecular formula is C24H23BrN3O4+. The summed E-state index contributed by atoms with van der Waals surface area (Å²) in [6, 6.07) is 13.4. The lowest BCUT2D eigenvalue weighted by Gasteiger charge is -2.27. The van der Waals surface area contributed by atoms with Crippen LogP contribution in [0.5, 0.6) is 5.75 Å². The van der Waals surface area contributed by atoms with E-state index < -0.39 is 23.7 Å². The minimum atomic E-state index is -1.09. The number of hydrogen-bond donors (Lipinski definition) is 1. The first kappa shape index (κ1) is 22.0. The number of carbonyl (C=O) groups excluding carboxylic acids is 3. The summed E-state index contributed by atoms with van der Waals surface area (Å²) in [5.41, 5.74) is 1.14. The number of Topliss-reactive ketones (excluding diaryl/α,β-unsaturated/α-hetero) is 2. The molecule has 2 aromatic carbocycles. The number of ketones is 2. The molecule has 1 aliphatic rings. The standard InChI is InChI=1S/C24H22BrN3O4/c1-32-19-9-5-17(6-10-19)22(29)20-21(16-3-7-18(25)8-4-16)28(24(31)23(20)30)13-2-12-27-14-11-26-15-27/h3-11,14-15,20-21H,2,12-13H2,1H3/p+1. The molecule has 1 aromatic heterocycles. The van der Waals surface area contributed by atoms with E-state index in [1.807, 2.05) is 47.6 Å². The normalized spacial score (nSPS) is 18.2. The van der Waals surface area contributed by atoms with E-state index in [9.17, 15) is 14.4 Å². The zero-order valence-corrected chi connectivity index (χ0v) is 19.1. The van der Waals surface area contributed by atoms with Crippen LogP contribution < -0.4 is 9.30 Å². The van der Waals surface area contributed by atoms with Crippen LogP contribution in [0.15, 0.2) is 71.7 Å². The molecule has 0 spiro atoms. The molecular weight excluding hydrogens is 474 g/mol. The van der Waals surface area contributed by atoms with Gasteiger partial charge in [0.05, 0.1) is 19.7 Å². The number of imidazole rings is 1. The van der Waals surface area contributed by atoms with E-state index >= 15 is 0 Å². The molecule has 0 saturated carbocycles. The van der Waals surface area contributed by atoms with Gasteiger partial charge in [-0.25, -0.2) is 4.57 Å². The van der Waals surface area contributed by atoms with Gasteiger partial charge in [-0.2, -0.15) is 0 Å². The molecule has 32 heavy (non-hydrogen) atoms. The summed E-state index contributed by atoms with van der Waals surface area (Å²) in [5, 5.41) is 0. The van der Waals surface area contributed by atoms with Gasteiger partial charge in [-0.15, -0.1) is 0 Å². The van der Waals surface area contributed by atoms with Crippen molar-refractivity contribution in [1.29, 1.82) is 0 Å². The Morgan fingerprint density at radius 2 is 1.84 bits per heavy atom. The third-order valence-electron chi connectivity index (χ3n) is 5.69. The summed E-state index contributed by atoms with van der Waals surface area (Å²) in [6.45, 7) is 1.06. The second-order valence-electron chi connectivity index (χ2n) is 7.63. The Balaban J connectivity index is 1.64. The number of hydrogen-bond acceptors (Lipinski definition) is 4. The fraction of sp³-hybridized carbons (Fsp3) is 0.250. The summed E-state index contributed by atoms with van der Waals surface area (Å²) in [6.07, 6.45) is 6.20. The number of methoxy groups -OCH3 is 1. The van der Waals surface area contributed by atoms with Crippen molar-refractivity contribution >= 4 is 33.4 Å². The van der Waals surface area contributed by atoms with Gasteiger partial charge in [0.2, 0.25) is 12.1 Å². The lowest BCUT2D eigenvalue weighted by atomic mass is 9.86. The Kier molecular flexibility index (Phi) is 6.50. The summed E-state index contributed by atoms with van der Waals surface area (Å²) in [4.78, 5) is 43.9. The van der Waals surface area contributed by atoms with Crippen molar-refractivity contribution in [3.8, 4) is 5.75 Å². The number of rotatable bonds is 8. The molecule has 2 unspecified atom stereocenters. The maximum absolute atomic E-state index is 13.4. The molecule has 4 rings (SSSR count). The average molecular weight is 497 g/mol. The predicted octanol–water partition coefficient (Wildman–Crippen LogP) is 3.12. The van der Waals surface area contributed by atoms with Crippen LogP contribution in [0.25, 0.3) is 0 Å². The van der Waals surface area contributed by atoms with Crippen molar-refractivity contribution in [2.45, 2.75) is 19.0 Å². The molecule has 1 amide bonds. The van der Waals surface area contributed by atoms with E-state index in [0.717, 1.165) is 10.0 Å². The zero-order valence-electron chi connectivity index (χ0n) is 17.5. The summed E-state index contributed by atoms with van der Waals surface area (Å²) in [7, 11) is 1.54. The van der Waals surface area contributed by atoms with Crippen molar-refractivity contribution in [3.05, 3.63) is 82.9 Å². The molecule has 2 heterocycles. The highest BCUT2D eigenvalue weighted by molar-refractivity contribution is 9.10. The van der Waals surface area contributed by atoms with Gasteiger partial charge < -0.3 is 9.64 Å². The highest BCUT2D eigenvalue weighted by atomic mass is 79.9. The Morgan fingerprint density at radius 3 is 2.47 bits per heavy atom. The van der Waals surface area contributed by atoms with Crippen molar-refractivity contribution in [1.82, 2.24) is 9.88 Å². The smallest absolute Gasteiger partial charge is 0.291 e. The van der Waals surface area contributed by atoms with Crippen molar-refractivity contribution < 1.29 is 23.7 Å². The quantitative estimate of drug-likeness (QED) is 0.225. The van der Waals surface area contributed by atoms with E-state index in [0.29, 0.717) is 30.8 Å². The number of halogens is 1. The van der Waals surface area contributed by atoms with Crippen LogP contribution in [0.1, 0.15) is 28.4 Å². The molecule has 0 aliphatic carbocycles. The van der Waals surface area contributed by atoms with Gasteiger partial charge in [0.25, 0.3) is 5.91 Å². The van der Waals surface area contributed by atoms with E-state index in [1.54, 1.807) is 36.3 Å². The molecule has 1 N–H and O–H groups in total. The molecule has 1 aliphatic heterocycles. The predicted molar refractivity (Wildman–Crippen MR) is 120 cm³/mol. The molecule has 2 atom stereocenters. The molecule has 7 nitrogen and oxygen atoms in total. The highest BCUT2D eigenvalue weighted by Crippen LogP contribution is 2.38. The molecule has 8 heteroatoms. The zero-order chi connectivity index (χ0) is 22.7. The third kappa shape index (κ3) is 4.36. The molecule has 0 bridgehead atoms. The van der Waals surface area contributed by atoms with Gasteiger partial charge in [0.15, 0.2) is 5.78 Å². The van der Waals surface area contributed by atoms with Crippen molar-refractivity contribution in [2.24, 2.45) is 5.92 Å². The minimum absolute atomic E-state index is 0.360. The number of ether oxygens (including phenoxy) is 1. The number of aromatic nitrogens is 2. The van der Waals surface area contributed by atoms with Gasteiger partial charge in [-0.3, -0.25) is 19.4 Å². The molecule has 0 radical (unpaired) electrons. The fourth-order valence-corrected chi connectivity index (χ4v) is 4.34. The van der Waals surface area contributed by atoms with Gasteiger partial charge in [0, 0.05) is 23.0 Å². The fourth-order valence-electron chi connectivity index (χ4n) is 4.08. The van der Waals surface area contributed by atoms with Gasteiger partial charge >= 0.3 is 0 Å². The number of nitrogens with zero attached hydrogens (tertiary/aromatic N) is 2. The maximum atomic E-state index is 13.4. The van der Waals surface area contributed by atoms with Crippen LogP contribution in [0.2, 0.25) is 0 Å². The lowest BCUT2D eigenvalue weighted by Crippen LogP contribution is -2.36. The van der Waals surface area contributed by atoms with Crippen LogP contribution in [0.4, 0.5) is 0 Å². The van der Waals surface area contributed by atoms with E-state index in [1.165, 1.54) is 0 Å². The van der Waals surface area contributed by atoms with Crippen LogP contribution in [0, 0.1) is 5.92 Å². The topological polar surface area (TPSA) is 83.3 Å². The number of amides is 1. The van der Waals surface area contributed by atoms with Gasteiger partial charge in [-0.05, 0) is 42.0 Å². The summed E-state index contributed by atoms with van der Waals surface area (Å²) in [5.74, 6) is -2.10.